The van der Waals surface area contributed by atoms with Crippen molar-refractivity contribution in [2.24, 2.45) is 0 Å². The van der Waals surface area contributed by atoms with Gasteiger partial charge in [-0.05, 0) is 25.0 Å². The molecule has 2 heterocycles. The summed E-state index contributed by atoms with van der Waals surface area (Å²) in [5.41, 5.74) is 0.622. The molecule has 21 heavy (non-hydrogen) atoms. The summed E-state index contributed by atoms with van der Waals surface area (Å²) in [6.07, 6.45) is 5.44. The van der Waals surface area contributed by atoms with E-state index in [1.807, 2.05) is 0 Å². The Balaban J connectivity index is 1.88. The normalized spacial score (nSPS) is 18.0. The maximum absolute atomic E-state index is 12.0. The second-order valence-electron chi connectivity index (χ2n) is 4.67. The zero-order chi connectivity index (χ0) is 15.1. The Morgan fingerprint density at radius 1 is 1.52 bits per heavy atom. The first-order valence-electron chi connectivity index (χ1n) is 6.86. The zero-order valence-corrected chi connectivity index (χ0v) is 11.9. The predicted octanol–water partition coefficient (Wildman–Crippen LogP) is 1.83. The number of hydrogen-bond acceptors (Lipinski definition) is 5. The molecule has 1 fully saturated rings. The highest BCUT2D eigenvalue weighted by Gasteiger charge is 2.23. The lowest BCUT2D eigenvalue weighted by molar-refractivity contribution is -0.128. The number of ether oxygens (including phenoxy) is 2. The monoisotopic (exact) mass is 290 g/mol. The van der Waals surface area contributed by atoms with Crippen molar-refractivity contribution in [1.82, 2.24) is 9.88 Å². The molecule has 6 heteroatoms. The Morgan fingerprint density at radius 2 is 2.38 bits per heavy atom. The molecule has 0 N–H and O–H groups in total. The summed E-state index contributed by atoms with van der Waals surface area (Å²) < 4.78 is 10.5. The standard InChI is InChI=1S/C15H18N2O4/c1-12(18)17(10-13-6-2-4-8-16-13)15(19)21-11-14-7-3-5-9-20-14/h2,4,6,8,14H,3,5,9-11H2,1H3/t14-/m0/s1. The maximum Gasteiger partial charge on any atom is 0.416 e. The first-order valence-corrected chi connectivity index (χ1v) is 6.86. The van der Waals surface area contributed by atoms with Gasteiger partial charge < -0.3 is 9.47 Å². The molecule has 0 bridgehead atoms. The highest BCUT2D eigenvalue weighted by atomic mass is 16.6. The van der Waals surface area contributed by atoms with Crippen LogP contribution in [0.5, 0.6) is 0 Å². The van der Waals surface area contributed by atoms with Gasteiger partial charge in [0.1, 0.15) is 6.61 Å². The van der Waals surface area contributed by atoms with Gasteiger partial charge in [-0.25, -0.2) is 9.69 Å². The van der Waals surface area contributed by atoms with Crippen LogP contribution in [0.3, 0.4) is 0 Å². The van der Waals surface area contributed by atoms with Crippen molar-refractivity contribution in [2.45, 2.75) is 32.4 Å². The molecule has 2 amide bonds. The van der Waals surface area contributed by atoms with E-state index in [0.29, 0.717) is 12.3 Å². The Morgan fingerprint density at radius 3 is 3.00 bits per heavy atom. The summed E-state index contributed by atoms with van der Waals surface area (Å²) in [5.74, 6) is -0.386. The molecule has 0 saturated carbocycles. The number of amides is 2. The smallest absolute Gasteiger partial charge is 0.416 e. The fourth-order valence-electron chi connectivity index (χ4n) is 1.91. The summed E-state index contributed by atoms with van der Waals surface area (Å²) >= 11 is 0. The summed E-state index contributed by atoms with van der Waals surface area (Å²) in [6, 6.07) is 5.31. The van der Waals surface area contributed by atoms with Crippen LogP contribution < -0.4 is 0 Å². The highest BCUT2D eigenvalue weighted by molar-refractivity contribution is 5.90. The SMILES string of the molecule is CC(=O)N(Cc1ccccn1)C(=O)OC[C@@H]1[C]CCCO1. The van der Waals surface area contributed by atoms with Crippen LogP contribution in [0.1, 0.15) is 25.5 Å². The summed E-state index contributed by atoms with van der Waals surface area (Å²) in [4.78, 5) is 28.7. The molecule has 6 nitrogen and oxygen atoms in total. The van der Waals surface area contributed by atoms with Crippen LogP contribution in [0.4, 0.5) is 4.79 Å². The average Bonchev–Trinajstić information content (AvgIpc) is 2.52. The van der Waals surface area contributed by atoms with E-state index in [1.165, 1.54) is 6.92 Å². The van der Waals surface area contributed by atoms with E-state index in [1.54, 1.807) is 24.4 Å². The molecular formula is C15H18N2O4. The van der Waals surface area contributed by atoms with Crippen molar-refractivity contribution < 1.29 is 19.1 Å². The van der Waals surface area contributed by atoms with Crippen LogP contribution in [0.25, 0.3) is 0 Å². The summed E-state index contributed by atoms with van der Waals surface area (Å²) in [6.45, 7) is 2.12. The van der Waals surface area contributed by atoms with Crippen LogP contribution in [-0.2, 0) is 20.8 Å². The number of imide groups is 1. The summed E-state index contributed by atoms with van der Waals surface area (Å²) in [7, 11) is 0. The van der Waals surface area contributed by atoms with E-state index < -0.39 is 6.09 Å². The van der Waals surface area contributed by atoms with E-state index in [9.17, 15) is 9.59 Å². The van der Waals surface area contributed by atoms with Crippen molar-refractivity contribution >= 4 is 12.0 Å². The van der Waals surface area contributed by atoms with E-state index in [-0.39, 0.29) is 25.2 Å². The molecule has 0 aromatic carbocycles. The number of pyridine rings is 1. The molecule has 1 aromatic rings. The topological polar surface area (TPSA) is 68.7 Å². The number of carbonyl (C=O) groups is 2. The first kappa shape index (κ1) is 15.4. The third-order valence-corrected chi connectivity index (χ3v) is 3.02. The number of carbonyl (C=O) groups excluding carboxylic acids is 2. The molecule has 2 rings (SSSR count). The average molecular weight is 290 g/mol. The second-order valence-corrected chi connectivity index (χ2v) is 4.67. The maximum atomic E-state index is 12.0. The largest absolute Gasteiger partial charge is 0.446 e. The quantitative estimate of drug-likeness (QED) is 0.846. The van der Waals surface area contributed by atoms with Gasteiger partial charge in [-0.1, -0.05) is 6.07 Å². The van der Waals surface area contributed by atoms with Crippen LogP contribution >= 0.6 is 0 Å². The summed E-state index contributed by atoms with van der Waals surface area (Å²) in [5, 5.41) is 0. The first-order chi connectivity index (χ1) is 10.2. The van der Waals surface area contributed by atoms with Gasteiger partial charge in [0.15, 0.2) is 0 Å². The van der Waals surface area contributed by atoms with E-state index >= 15 is 0 Å². The lowest BCUT2D eigenvalue weighted by Crippen LogP contribution is -2.37. The highest BCUT2D eigenvalue weighted by Crippen LogP contribution is 2.12. The molecule has 1 aliphatic rings. The number of hydrogen-bond donors (Lipinski definition) is 0. The third-order valence-electron chi connectivity index (χ3n) is 3.02. The van der Waals surface area contributed by atoms with E-state index in [0.717, 1.165) is 17.7 Å². The molecule has 112 valence electrons. The van der Waals surface area contributed by atoms with E-state index in [4.69, 9.17) is 9.47 Å². The molecule has 1 aliphatic heterocycles. The number of rotatable bonds is 4. The molecule has 1 aromatic heterocycles. The molecule has 2 radical (unpaired) electrons. The van der Waals surface area contributed by atoms with Gasteiger partial charge in [-0.2, -0.15) is 0 Å². The van der Waals surface area contributed by atoms with Gasteiger partial charge in [0.25, 0.3) is 0 Å². The minimum absolute atomic E-state index is 0.0742. The van der Waals surface area contributed by atoms with Crippen LogP contribution in [-0.4, -0.2) is 41.2 Å². The van der Waals surface area contributed by atoms with Gasteiger partial charge in [-0.15, -0.1) is 0 Å². The van der Waals surface area contributed by atoms with Gasteiger partial charge in [0.2, 0.25) is 5.91 Å². The lowest BCUT2D eigenvalue weighted by atomic mass is 10.1. The molecule has 0 unspecified atom stereocenters. The number of aromatic nitrogens is 1. The van der Waals surface area contributed by atoms with Gasteiger partial charge >= 0.3 is 6.09 Å². The van der Waals surface area contributed by atoms with E-state index in [2.05, 4.69) is 11.4 Å². The lowest BCUT2D eigenvalue weighted by Gasteiger charge is -2.23. The molecule has 1 atom stereocenters. The van der Waals surface area contributed by atoms with Crippen LogP contribution in [0.15, 0.2) is 24.4 Å². The fourth-order valence-corrected chi connectivity index (χ4v) is 1.91. The Labute approximate surface area is 124 Å². The van der Waals surface area contributed by atoms with Crippen molar-refractivity contribution in [3.63, 3.8) is 0 Å². The Hall–Kier alpha value is -1.95. The Bertz CT molecular complexity index is 472. The van der Waals surface area contributed by atoms with Crippen molar-refractivity contribution in [3.8, 4) is 0 Å². The Kier molecular flexibility index (Phi) is 5.68. The molecule has 0 spiro atoms. The van der Waals surface area contributed by atoms with Gasteiger partial charge in [-0.3, -0.25) is 9.78 Å². The van der Waals surface area contributed by atoms with Gasteiger partial charge in [0, 0.05) is 26.1 Å². The second kappa shape index (κ2) is 7.73. The van der Waals surface area contributed by atoms with Gasteiger partial charge in [0.05, 0.1) is 18.3 Å². The fraction of sp³-hybridized carbons (Fsp3) is 0.467. The molecule has 0 aliphatic carbocycles. The zero-order valence-electron chi connectivity index (χ0n) is 11.9. The number of nitrogens with zero attached hydrogens (tertiary/aromatic N) is 2. The van der Waals surface area contributed by atoms with Crippen molar-refractivity contribution in [3.05, 3.63) is 36.5 Å². The van der Waals surface area contributed by atoms with Crippen molar-refractivity contribution in [2.75, 3.05) is 13.2 Å². The molecular weight excluding hydrogens is 272 g/mol. The molecule has 1 saturated heterocycles. The minimum Gasteiger partial charge on any atom is -0.446 e. The predicted molar refractivity (Wildman–Crippen MR) is 74.0 cm³/mol. The van der Waals surface area contributed by atoms with Crippen molar-refractivity contribution in [1.29, 1.82) is 0 Å². The van der Waals surface area contributed by atoms with Crippen LogP contribution in [0.2, 0.25) is 0 Å². The van der Waals surface area contributed by atoms with Crippen LogP contribution in [0, 0.1) is 6.42 Å². The third kappa shape index (κ3) is 4.82. The minimum atomic E-state index is -0.691.